The van der Waals surface area contributed by atoms with Crippen LogP contribution in [0.5, 0.6) is 0 Å². The Labute approximate surface area is 74.6 Å². The minimum absolute atomic E-state index is 0.832. The number of rotatable bonds is 0. The maximum atomic E-state index is 3.93. The van der Waals surface area contributed by atoms with E-state index in [1.165, 1.54) is 5.39 Å². The third kappa shape index (κ3) is 0.839. The number of hydrogen-bond donors (Lipinski definition) is 0. The number of pyridine rings is 1. The molecule has 0 saturated carbocycles. The summed E-state index contributed by atoms with van der Waals surface area (Å²) >= 11 is 0. The highest BCUT2D eigenvalue weighted by Gasteiger charge is 1.99. The lowest BCUT2D eigenvalue weighted by atomic mass is 10.2. The van der Waals surface area contributed by atoms with Crippen molar-refractivity contribution in [1.29, 1.82) is 0 Å². The molecule has 61 valence electrons. The molecule has 13 heavy (non-hydrogen) atoms. The maximum Gasteiger partial charge on any atom is 0.207 e. The average Bonchev–Trinajstić information content (AvgIpc) is 2.65. The Balaban J connectivity index is 2.65. The standard InChI is InChI=1S/C10H6N3/c1-2-4-9-8(3-1)5-6-10-12-11-7-13(9)10/h1-6H. The molecule has 3 heteroatoms. The van der Waals surface area contributed by atoms with E-state index >= 15 is 0 Å². The number of fused-ring (bicyclic) bond motifs is 3. The van der Waals surface area contributed by atoms with E-state index in [2.05, 4.69) is 22.6 Å². The number of para-hydroxylation sites is 1. The summed E-state index contributed by atoms with van der Waals surface area (Å²) in [5.41, 5.74) is 1.92. The minimum Gasteiger partial charge on any atom is -0.272 e. The summed E-state index contributed by atoms with van der Waals surface area (Å²) in [5.74, 6) is 0. The van der Waals surface area contributed by atoms with Gasteiger partial charge in [0, 0.05) is 0 Å². The maximum absolute atomic E-state index is 3.93. The molecule has 3 rings (SSSR count). The average molecular weight is 168 g/mol. The molecular formula is C10H6N3. The summed E-state index contributed by atoms with van der Waals surface area (Å²) < 4.78 is 1.86. The molecule has 0 fully saturated rings. The van der Waals surface area contributed by atoms with Gasteiger partial charge in [0.15, 0.2) is 5.65 Å². The molecular weight excluding hydrogens is 162 g/mol. The Morgan fingerprint density at radius 1 is 1.08 bits per heavy atom. The van der Waals surface area contributed by atoms with E-state index < -0.39 is 0 Å². The van der Waals surface area contributed by atoms with Gasteiger partial charge in [-0.2, -0.15) is 0 Å². The number of hydrogen-bond acceptors (Lipinski definition) is 2. The van der Waals surface area contributed by atoms with Crippen LogP contribution in [-0.4, -0.2) is 14.6 Å². The van der Waals surface area contributed by atoms with Crippen molar-refractivity contribution in [3.8, 4) is 0 Å². The summed E-state index contributed by atoms with van der Waals surface area (Å²) in [4.78, 5) is 0. The Kier molecular flexibility index (Phi) is 1.16. The number of nitrogens with zero attached hydrogens (tertiary/aromatic N) is 3. The smallest absolute Gasteiger partial charge is 0.207 e. The van der Waals surface area contributed by atoms with Gasteiger partial charge in [-0.15, -0.1) is 10.2 Å². The Hall–Kier alpha value is -1.90. The third-order valence-electron chi connectivity index (χ3n) is 2.12. The van der Waals surface area contributed by atoms with Gasteiger partial charge in [0.2, 0.25) is 6.33 Å². The lowest BCUT2D eigenvalue weighted by Crippen LogP contribution is -1.85. The molecule has 0 aliphatic rings. The molecule has 0 aliphatic carbocycles. The van der Waals surface area contributed by atoms with Crippen molar-refractivity contribution in [2.75, 3.05) is 0 Å². The van der Waals surface area contributed by atoms with E-state index in [1.807, 2.05) is 34.7 Å². The zero-order valence-electron chi connectivity index (χ0n) is 6.81. The first-order valence-corrected chi connectivity index (χ1v) is 4.06. The SMILES string of the molecule is [c]1nnc2ccc3ccccc3n12. The van der Waals surface area contributed by atoms with Crippen LogP contribution >= 0.6 is 0 Å². The van der Waals surface area contributed by atoms with Gasteiger partial charge in [0.05, 0.1) is 5.52 Å². The fraction of sp³-hybridized carbons (Fsp3) is 0. The molecule has 1 aromatic carbocycles. The van der Waals surface area contributed by atoms with Crippen LogP contribution in [0.15, 0.2) is 36.4 Å². The van der Waals surface area contributed by atoms with Gasteiger partial charge in [-0.25, -0.2) is 0 Å². The van der Waals surface area contributed by atoms with Gasteiger partial charge in [-0.05, 0) is 23.6 Å². The van der Waals surface area contributed by atoms with Crippen molar-refractivity contribution < 1.29 is 0 Å². The summed E-state index contributed by atoms with van der Waals surface area (Å²) in [7, 11) is 0. The first-order chi connectivity index (χ1) is 6.45. The zero-order valence-corrected chi connectivity index (χ0v) is 6.81. The van der Waals surface area contributed by atoms with Gasteiger partial charge >= 0.3 is 0 Å². The van der Waals surface area contributed by atoms with Crippen LogP contribution in [0.3, 0.4) is 0 Å². The molecule has 0 N–H and O–H groups in total. The van der Waals surface area contributed by atoms with Crippen molar-refractivity contribution in [2.45, 2.75) is 0 Å². The normalized spacial score (nSPS) is 11.1. The van der Waals surface area contributed by atoms with Crippen LogP contribution in [0.1, 0.15) is 0 Å². The Morgan fingerprint density at radius 3 is 3.00 bits per heavy atom. The van der Waals surface area contributed by atoms with Gasteiger partial charge in [-0.1, -0.05) is 18.2 Å². The molecule has 2 aromatic heterocycles. The zero-order chi connectivity index (χ0) is 8.67. The van der Waals surface area contributed by atoms with Crippen LogP contribution < -0.4 is 0 Å². The van der Waals surface area contributed by atoms with Crippen molar-refractivity contribution in [1.82, 2.24) is 14.6 Å². The lowest BCUT2D eigenvalue weighted by Gasteiger charge is -1.98. The number of aromatic nitrogens is 3. The minimum atomic E-state index is 0.832. The summed E-state index contributed by atoms with van der Waals surface area (Å²) in [6, 6.07) is 12.1. The van der Waals surface area contributed by atoms with Gasteiger partial charge in [0.1, 0.15) is 0 Å². The van der Waals surface area contributed by atoms with E-state index in [-0.39, 0.29) is 0 Å². The van der Waals surface area contributed by atoms with E-state index in [9.17, 15) is 0 Å². The Bertz CT molecular complexity index is 568. The fourth-order valence-corrected chi connectivity index (χ4v) is 1.50. The molecule has 0 saturated heterocycles. The first-order valence-electron chi connectivity index (χ1n) is 4.06. The molecule has 0 bridgehead atoms. The largest absolute Gasteiger partial charge is 0.272 e. The van der Waals surface area contributed by atoms with Gasteiger partial charge in [-0.3, -0.25) is 4.40 Å². The topological polar surface area (TPSA) is 30.2 Å². The van der Waals surface area contributed by atoms with Crippen LogP contribution in [0.2, 0.25) is 0 Å². The Morgan fingerprint density at radius 2 is 2.00 bits per heavy atom. The van der Waals surface area contributed by atoms with E-state index in [4.69, 9.17) is 0 Å². The number of benzene rings is 1. The van der Waals surface area contributed by atoms with Gasteiger partial charge < -0.3 is 0 Å². The molecule has 3 nitrogen and oxygen atoms in total. The summed E-state index contributed by atoms with van der Waals surface area (Å²) in [5, 5.41) is 8.84. The molecule has 0 amide bonds. The molecule has 2 heterocycles. The second kappa shape index (κ2) is 2.29. The predicted octanol–water partition coefficient (Wildman–Crippen LogP) is 1.68. The molecule has 0 aliphatic heterocycles. The highest BCUT2D eigenvalue weighted by Crippen LogP contribution is 2.14. The van der Waals surface area contributed by atoms with Crippen molar-refractivity contribution in [3.63, 3.8) is 0 Å². The quantitative estimate of drug-likeness (QED) is 0.511. The summed E-state index contributed by atoms with van der Waals surface area (Å²) in [6.45, 7) is 0. The molecule has 3 aromatic rings. The first kappa shape index (κ1) is 6.60. The van der Waals surface area contributed by atoms with E-state index in [1.54, 1.807) is 0 Å². The van der Waals surface area contributed by atoms with E-state index in [0.29, 0.717) is 0 Å². The van der Waals surface area contributed by atoms with Crippen LogP contribution in [0.25, 0.3) is 16.6 Å². The highest BCUT2D eigenvalue weighted by atomic mass is 15.2. The van der Waals surface area contributed by atoms with Crippen molar-refractivity contribution >= 4 is 16.6 Å². The molecule has 0 atom stereocenters. The van der Waals surface area contributed by atoms with Crippen molar-refractivity contribution in [2.24, 2.45) is 0 Å². The fourth-order valence-electron chi connectivity index (χ4n) is 1.50. The monoisotopic (exact) mass is 168 g/mol. The highest BCUT2D eigenvalue weighted by molar-refractivity contribution is 5.81. The second-order valence-electron chi connectivity index (χ2n) is 2.89. The van der Waals surface area contributed by atoms with Crippen LogP contribution in [0.4, 0.5) is 0 Å². The van der Waals surface area contributed by atoms with Crippen LogP contribution in [0, 0.1) is 6.33 Å². The molecule has 0 unspecified atom stereocenters. The van der Waals surface area contributed by atoms with Gasteiger partial charge in [0.25, 0.3) is 0 Å². The summed E-state index contributed by atoms with van der Waals surface area (Å²) in [6.07, 6.45) is 2.82. The molecule has 1 radical (unpaired) electrons. The van der Waals surface area contributed by atoms with Crippen LogP contribution in [-0.2, 0) is 0 Å². The second-order valence-corrected chi connectivity index (χ2v) is 2.89. The van der Waals surface area contributed by atoms with Crippen molar-refractivity contribution in [3.05, 3.63) is 42.7 Å². The predicted molar refractivity (Wildman–Crippen MR) is 49.3 cm³/mol. The van der Waals surface area contributed by atoms with E-state index in [0.717, 1.165) is 11.2 Å². The third-order valence-corrected chi connectivity index (χ3v) is 2.12. The molecule has 0 spiro atoms. The lowest BCUT2D eigenvalue weighted by molar-refractivity contribution is 1.10.